The van der Waals surface area contributed by atoms with Crippen molar-refractivity contribution in [1.82, 2.24) is 0 Å². The van der Waals surface area contributed by atoms with E-state index in [1.807, 2.05) is 13.8 Å². The molecule has 1 aliphatic carbocycles. The third kappa shape index (κ3) is 6.45. The van der Waals surface area contributed by atoms with Gasteiger partial charge in [0.25, 0.3) is 0 Å². The van der Waals surface area contributed by atoms with Crippen LogP contribution in [0.2, 0.25) is 0 Å². The van der Waals surface area contributed by atoms with Crippen molar-refractivity contribution in [2.45, 2.75) is 97.6 Å². The van der Waals surface area contributed by atoms with Gasteiger partial charge in [0.05, 0.1) is 6.10 Å². The van der Waals surface area contributed by atoms with Crippen LogP contribution in [-0.4, -0.2) is 29.6 Å². The Balaban J connectivity index is 2.12. The molecule has 0 aromatic heterocycles. The van der Waals surface area contributed by atoms with Crippen molar-refractivity contribution in [2.24, 2.45) is 23.7 Å². The number of carbonyl (C=O) groups excluding carboxylic acids is 1. The fourth-order valence-corrected chi connectivity index (χ4v) is 4.52. The predicted molar refractivity (Wildman–Crippen MR) is 113 cm³/mol. The molecule has 2 aliphatic rings. The topological polar surface area (TPSA) is 55.8 Å². The minimum absolute atomic E-state index is 0.0313. The smallest absolute Gasteiger partial charge is 0.306 e. The van der Waals surface area contributed by atoms with Gasteiger partial charge in [-0.3, -0.25) is 4.79 Å². The van der Waals surface area contributed by atoms with Crippen LogP contribution in [0.1, 0.15) is 79.1 Å². The van der Waals surface area contributed by atoms with E-state index in [1.54, 1.807) is 0 Å². The SMILES string of the molecule is C=C1C=CC(C)C(CCC2CCCC(=O)O2)C1C(CCCC)OC(O)C(C)C. The van der Waals surface area contributed by atoms with Gasteiger partial charge in [-0.1, -0.05) is 59.3 Å². The number of esters is 1. The van der Waals surface area contributed by atoms with Gasteiger partial charge in [0.15, 0.2) is 6.29 Å². The van der Waals surface area contributed by atoms with Gasteiger partial charge in [-0.2, -0.15) is 0 Å². The molecule has 0 radical (unpaired) electrons. The molecule has 2 rings (SSSR count). The predicted octanol–water partition coefficient (Wildman–Crippen LogP) is 5.41. The number of hydrogen-bond donors (Lipinski definition) is 1. The average molecular weight is 393 g/mol. The molecule has 4 heteroatoms. The van der Waals surface area contributed by atoms with Crippen LogP contribution in [0.4, 0.5) is 0 Å². The monoisotopic (exact) mass is 392 g/mol. The fourth-order valence-electron chi connectivity index (χ4n) is 4.52. The maximum Gasteiger partial charge on any atom is 0.306 e. The van der Waals surface area contributed by atoms with Crippen LogP contribution in [0.5, 0.6) is 0 Å². The molecule has 0 bridgehead atoms. The molecule has 0 aromatic rings. The van der Waals surface area contributed by atoms with Gasteiger partial charge in [0.1, 0.15) is 6.10 Å². The lowest BCUT2D eigenvalue weighted by atomic mass is 9.68. The van der Waals surface area contributed by atoms with E-state index < -0.39 is 6.29 Å². The molecule has 160 valence electrons. The zero-order chi connectivity index (χ0) is 20.7. The zero-order valence-electron chi connectivity index (χ0n) is 18.2. The number of aliphatic hydroxyl groups is 1. The summed E-state index contributed by atoms with van der Waals surface area (Å²) in [6, 6.07) is 0. The third-order valence-electron chi connectivity index (χ3n) is 6.33. The molecule has 6 atom stereocenters. The minimum Gasteiger partial charge on any atom is -0.462 e. The highest BCUT2D eigenvalue weighted by molar-refractivity contribution is 5.70. The summed E-state index contributed by atoms with van der Waals surface area (Å²) >= 11 is 0. The van der Waals surface area contributed by atoms with E-state index >= 15 is 0 Å². The molecule has 28 heavy (non-hydrogen) atoms. The Morgan fingerprint density at radius 2 is 2.11 bits per heavy atom. The summed E-state index contributed by atoms with van der Waals surface area (Å²) in [6.45, 7) is 12.7. The first kappa shape index (κ1) is 23.2. The second-order valence-corrected chi connectivity index (χ2v) is 9.02. The van der Waals surface area contributed by atoms with Crippen LogP contribution in [0.3, 0.4) is 0 Å². The number of carbonyl (C=O) groups is 1. The van der Waals surface area contributed by atoms with Crippen molar-refractivity contribution >= 4 is 5.97 Å². The first-order valence-corrected chi connectivity index (χ1v) is 11.2. The second kappa shape index (κ2) is 11.2. The van der Waals surface area contributed by atoms with Gasteiger partial charge in [-0.05, 0) is 49.5 Å². The second-order valence-electron chi connectivity index (χ2n) is 9.02. The Labute approximate surface area is 171 Å². The van der Waals surface area contributed by atoms with Gasteiger partial charge in [-0.25, -0.2) is 0 Å². The summed E-state index contributed by atoms with van der Waals surface area (Å²) < 4.78 is 11.7. The Bertz CT molecular complexity index is 539. The summed E-state index contributed by atoms with van der Waals surface area (Å²) in [6.07, 6.45) is 11.1. The van der Waals surface area contributed by atoms with Crippen LogP contribution in [0.15, 0.2) is 24.3 Å². The van der Waals surface area contributed by atoms with Crippen LogP contribution in [0.25, 0.3) is 0 Å². The van der Waals surface area contributed by atoms with Gasteiger partial charge in [0, 0.05) is 18.3 Å². The van der Waals surface area contributed by atoms with Gasteiger partial charge < -0.3 is 14.6 Å². The summed E-state index contributed by atoms with van der Waals surface area (Å²) in [5.74, 6) is 1.00. The van der Waals surface area contributed by atoms with Crippen LogP contribution in [-0.2, 0) is 14.3 Å². The van der Waals surface area contributed by atoms with E-state index in [0.29, 0.717) is 18.3 Å². The Morgan fingerprint density at radius 1 is 1.36 bits per heavy atom. The molecule has 0 spiro atoms. The van der Waals surface area contributed by atoms with E-state index in [0.717, 1.165) is 50.5 Å². The van der Waals surface area contributed by atoms with Gasteiger partial charge in [-0.15, -0.1) is 0 Å². The van der Waals surface area contributed by atoms with E-state index in [4.69, 9.17) is 9.47 Å². The van der Waals surface area contributed by atoms with Crippen molar-refractivity contribution in [1.29, 1.82) is 0 Å². The van der Waals surface area contributed by atoms with Crippen molar-refractivity contribution in [3.8, 4) is 0 Å². The standard InChI is InChI=1S/C24H40O4/c1-6-7-10-21(28-24(26)16(2)3)23-18(5)13-12-17(4)20(23)15-14-19-9-8-11-22(25)27-19/h12-13,16-17,19-21,23-24,26H,5-11,14-15H2,1-4H3. The van der Waals surface area contributed by atoms with Crippen molar-refractivity contribution in [2.75, 3.05) is 0 Å². The highest BCUT2D eigenvalue weighted by Gasteiger charge is 2.38. The number of ether oxygens (including phenoxy) is 2. The molecule has 1 saturated heterocycles. The normalized spacial score (nSPS) is 30.4. The lowest BCUT2D eigenvalue weighted by molar-refractivity contribution is -0.177. The Kier molecular flexibility index (Phi) is 9.23. The van der Waals surface area contributed by atoms with Gasteiger partial charge in [0.2, 0.25) is 0 Å². The lowest BCUT2D eigenvalue weighted by Crippen LogP contribution is -2.40. The first-order chi connectivity index (χ1) is 13.3. The first-order valence-electron chi connectivity index (χ1n) is 11.2. The highest BCUT2D eigenvalue weighted by Crippen LogP contribution is 2.41. The highest BCUT2D eigenvalue weighted by atomic mass is 16.6. The van der Waals surface area contributed by atoms with Crippen molar-refractivity contribution in [3.05, 3.63) is 24.3 Å². The van der Waals surface area contributed by atoms with Crippen LogP contribution in [0, 0.1) is 23.7 Å². The van der Waals surface area contributed by atoms with Crippen molar-refractivity contribution < 1.29 is 19.4 Å². The largest absolute Gasteiger partial charge is 0.462 e. The number of hydrogen-bond acceptors (Lipinski definition) is 4. The van der Waals surface area contributed by atoms with E-state index in [-0.39, 0.29) is 30.0 Å². The lowest BCUT2D eigenvalue weighted by Gasteiger charge is -2.41. The zero-order valence-corrected chi connectivity index (χ0v) is 18.2. The number of aliphatic hydroxyl groups excluding tert-OH is 1. The summed E-state index contributed by atoms with van der Waals surface area (Å²) in [5, 5.41) is 10.4. The molecule has 1 heterocycles. The van der Waals surface area contributed by atoms with Crippen LogP contribution >= 0.6 is 0 Å². The quantitative estimate of drug-likeness (QED) is 0.399. The Morgan fingerprint density at radius 3 is 2.75 bits per heavy atom. The van der Waals surface area contributed by atoms with Crippen LogP contribution < -0.4 is 0 Å². The molecule has 6 unspecified atom stereocenters. The summed E-state index contributed by atoms with van der Waals surface area (Å²) in [4.78, 5) is 11.6. The molecule has 0 saturated carbocycles. The minimum atomic E-state index is -0.754. The fraction of sp³-hybridized carbons (Fsp3) is 0.792. The summed E-state index contributed by atoms with van der Waals surface area (Å²) in [5.41, 5.74) is 1.10. The summed E-state index contributed by atoms with van der Waals surface area (Å²) in [7, 11) is 0. The van der Waals surface area contributed by atoms with E-state index in [9.17, 15) is 9.90 Å². The molecule has 4 nitrogen and oxygen atoms in total. The van der Waals surface area contributed by atoms with E-state index in [1.165, 1.54) is 0 Å². The maximum atomic E-state index is 11.6. The number of unbranched alkanes of at least 4 members (excludes halogenated alkanes) is 1. The molecule has 1 fully saturated rings. The Hall–Kier alpha value is -1.13. The van der Waals surface area contributed by atoms with E-state index in [2.05, 4.69) is 32.6 Å². The number of cyclic esters (lactones) is 1. The third-order valence-corrected chi connectivity index (χ3v) is 6.33. The van der Waals surface area contributed by atoms with Gasteiger partial charge >= 0.3 is 5.97 Å². The van der Waals surface area contributed by atoms with Crippen molar-refractivity contribution in [3.63, 3.8) is 0 Å². The molecule has 0 amide bonds. The molecular formula is C24H40O4. The molecule has 1 N–H and O–H groups in total. The molecule has 0 aromatic carbocycles. The molecular weight excluding hydrogens is 352 g/mol. The maximum absolute atomic E-state index is 11.6. The number of allylic oxidation sites excluding steroid dienone is 2. The number of rotatable bonds is 10. The molecule has 1 aliphatic heterocycles. The average Bonchev–Trinajstić information content (AvgIpc) is 2.65.